The maximum absolute atomic E-state index is 12.6. The molecule has 0 spiro atoms. The monoisotopic (exact) mass is 480 g/mol. The molecule has 9 nitrogen and oxygen atoms in total. The first-order valence-corrected chi connectivity index (χ1v) is 11.7. The Morgan fingerprint density at radius 3 is 2.26 bits per heavy atom. The number of nitrogens with zero attached hydrogens (tertiary/aromatic N) is 2. The average Bonchev–Trinajstić information content (AvgIpc) is 3.09. The highest BCUT2D eigenvalue weighted by atomic mass is 16.2. The first kappa shape index (κ1) is 25.9. The molecule has 1 atom stereocenters. The summed E-state index contributed by atoms with van der Waals surface area (Å²) in [5.74, 6) is -1.08. The molecule has 1 unspecified atom stereocenters. The highest BCUT2D eigenvalue weighted by Crippen LogP contribution is 2.26. The van der Waals surface area contributed by atoms with Gasteiger partial charge in [0.05, 0.1) is 51.5 Å². The third-order valence-electron chi connectivity index (χ3n) is 6.19. The topological polar surface area (TPSA) is 108 Å². The molecule has 0 aromatic heterocycles. The normalized spacial score (nSPS) is 15.8. The predicted octanol–water partition coefficient (Wildman–Crippen LogP) is 1.86. The van der Waals surface area contributed by atoms with E-state index in [0.717, 1.165) is 18.8 Å². The van der Waals surface area contributed by atoms with Crippen molar-refractivity contribution in [3.63, 3.8) is 0 Å². The molecular formula is C26H34N5O4+. The molecule has 2 aromatic carbocycles. The summed E-state index contributed by atoms with van der Waals surface area (Å²) in [5, 5.41) is 8.91. The molecule has 9 heteroatoms. The highest BCUT2D eigenvalue weighted by molar-refractivity contribution is 6.20. The van der Waals surface area contributed by atoms with Gasteiger partial charge in [-0.1, -0.05) is 19.1 Å². The standard InChI is InChI=1S/C26H33N5O4/c1-18-17-23(32)30(26(18)35)20-11-9-19(10-12-20)24(33)29-14-16-31(3,4)15-13-28-22-8-6-5-7-21(22)25(34)27-2/h5-12,18H,13-17H2,1-4H3,(H2-,27,28,29,33,34)/p+1. The number of quaternary nitrogens is 1. The van der Waals surface area contributed by atoms with Crippen molar-refractivity contribution in [2.75, 3.05) is 57.5 Å². The fourth-order valence-corrected chi connectivity index (χ4v) is 3.97. The molecule has 0 aliphatic carbocycles. The van der Waals surface area contributed by atoms with Crippen molar-refractivity contribution in [2.45, 2.75) is 13.3 Å². The van der Waals surface area contributed by atoms with Crippen molar-refractivity contribution < 1.29 is 23.7 Å². The summed E-state index contributed by atoms with van der Waals surface area (Å²) in [6, 6.07) is 13.9. The summed E-state index contributed by atoms with van der Waals surface area (Å²) in [4.78, 5) is 50.0. The molecule has 4 amide bonds. The zero-order valence-electron chi connectivity index (χ0n) is 20.8. The van der Waals surface area contributed by atoms with Crippen LogP contribution < -0.4 is 20.9 Å². The maximum atomic E-state index is 12.6. The Labute approximate surface area is 206 Å². The Bertz CT molecular complexity index is 1100. The van der Waals surface area contributed by atoms with E-state index in [0.29, 0.717) is 34.4 Å². The predicted molar refractivity (Wildman–Crippen MR) is 135 cm³/mol. The number of likely N-dealkylation sites (N-methyl/N-ethyl adjacent to an activating group) is 1. The second-order valence-electron chi connectivity index (χ2n) is 9.41. The Hall–Kier alpha value is -3.72. The van der Waals surface area contributed by atoms with Crippen LogP contribution in [0.25, 0.3) is 0 Å². The molecule has 1 saturated heterocycles. The lowest BCUT2D eigenvalue weighted by Gasteiger charge is -2.30. The molecule has 1 aliphatic heterocycles. The van der Waals surface area contributed by atoms with Gasteiger partial charge >= 0.3 is 0 Å². The van der Waals surface area contributed by atoms with Crippen molar-refractivity contribution in [3.8, 4) is 0 Å². The number of benzene rings is 2. The molecule has 3 N–H and O–H groups in total. The second-order valence-corrected chi connectivity index (χ2v) is 9.41. The SMILES string of the molecule is CNC(=O)c1ccccc1NCC[N+](C)(C)CCNC(=O)c1ccc(N2C(=O)CC(C)C2=O)cc1. The number of carbonyl (C=O) groups excluding carboxylic acids is 4. The van der Waals surface area contributed by atoms with Crippen molar-refractivity contribution in [3.05, 3.63) is 59.7 Å². The van der Waals surface area contributed by atoms with Crippen LogP contribution in [0.1, 0.15) is 34.1 Å². The number of hydrogen-bond donors (Lipinski definition) is 3. The average molecular weight is 481 g/mol. The quantitative estimate of drug-likeness (QED) is 0.355. The fraction of sp³-hybridized carbons (Fsp3) is 0.385. The number of anilines is 2. The van der Waals surface area contributed by atoms with E-state index in [4.69, 9.17) is 0 Å². The van der Waals surface area contributed by atoms with E-state index in [2.05, 4.69) is 30.0 Å². The second kappa shape index (κ2) is 11.1. The number of nitrogens with one attached hydrogen (secondary N) is 3. The molecule has 1 fully saturated rings. The third kappa shape index (κ3) is 6.45. The van der Waals surface area contributed by atoms with Crippen LogP contribution in [-0.2, 0) is 9.59 Å². The number of hydrogen-bond acceptors (Lipinski definition) is 5. The summed E-state index contributed by atoms with van der Waals surface area (Å²) in [6.07, 6.45) is 0.214. The van der Waals surface area contributed by atoms with E-state index < -0.39 is 0 Å². The van der Waals surface area contributed by atoms with E-state index in [1.807, 2.05) is 18.2 Å². The molecule has 1 heterocycles. The van der Waals surface area contributed by atoms with E-state index >= 15 is 0 Å². The van der Waals surface area contributed by atoms with E-state index in [1.165, 1.54) is 4.90 Å². The Morgan fingerprint density at radius 1 is 0.971 bits per heavy atom. The number of para-hydroxylation sites is 1. The minimum atomic E-state index is -0.312. The number of rotatable bonds is 10. The Balaban J connectivity index is 1.46. The molecule has 0 saturated carbocycles. The number of amides is 4. The van der Waals surface area contributed by atoms with Crippen LogP contribution in [0.5, 0.6) is 0 Å². The number of carbonyl (C=O) groups is 4. The van der Waals surface area contributed by atoms with Crippen LogP contribution in [-0.4, -0.2) is 75.4 Å². The lowest BCUT2D eigenvalue weighted by molar-refractivity contribution is -0.887. The summed E-state index contributed by atoms with van der Waals surface area (Å²) in [5.41, 5.74) is 2.35. The van der Waals surface area contributed by atoms with Gasteiger partial charge in [0.2, 0.25) is 11.8 Å². The van der Waals surface area contributed by atoms with Gasteiger partial charge < -0.3 is 20.4 Å². The van der Waals surface area contributed by atoms with Gasteiger partial charge in [-0.15, -0.1) is 0 Å². The molecular weight excluding hydrogens is 446 g/mol. The largest absolute Gasteiger partial charge is 0.379 e. The first-order chi connectivity index (χ1) is 16.6. The van der Waals surface area contributed by atoms with Crippen LogP contribution in [0, 0.1) is 5.92 Å². The summed E-state index contributed by atoms with van der Waals surface area (Å²) < 4.78 is 0.672. The van der Waals surface area contributed by atoms with Gasteiger partial charge in [-0.2, -0.15) is 0 Å². The van der Waals surface area contributed by atoms with Crippen LogP contribution >= 0.6 is 0 Å². The Morgan fingerprint density at radius 2 is 1.63 bits per heavy atom. The van der Waals surface area contributed by atoms with Gasteiger partial charge in [-0.3, -0.25) is 24.1 Å². The summed E-state index contributed by atoms with van der Waals surface area (Å²) in [6.45, 7) is 4.41. The van der Waals surface area contributed by atoms with Crippen molar-refractivity contribution in [1.29, 1.82) is 0 Å². The highest BCUT2D eigenvalue weighted by Gasteiger charge is 2.36. The van der Waals surface area contributed by atoms with Crippen molar-refractivity contribution >= 4 is 35.0 Å². The van der Waals surface area contributed by atoms with Gasteiger partial charge in [-0.25, -0.2) is 0 Å². The molecule has 2 aromatic rings. The fourth-order valence-electron chi connectivity index (χ4n) is 3.97. The van der Waals surface area contributed by atoms with Crippen LogP contribution in [0.4, 0.5) is 11.4 Å². The molecule has 186 valence electrons. The van der Waals surface area contributed by atoms with Crippen molar-refractivity contribution in [1.82, 2.24) is 10.6 Å². The van der Waals surface area contributed by atoms with Gasteiger partial charge in [0.25, 0.3) is 11.8 Å². The lowest BCUT2D eigenvalue weighted by atomic mass is 10.1. The lowest BCUT2D eigenvalue weighted by Crippen LogP contribution is -2.47. The van der Waals surface area contributed by atoms with E-state index in [9.17, 15) is 19.2 Å². The van der Waals surface area contributed by atoms with E-state index in [-0.39, 0.29) is 36.0 Å². The minimum absolute atomic E-state index is 0.134. The van der Waals surface area contributed by atoms with Gasteiger partial charge in [0.15, 0.2) is 0 Å². The van der Waals surface area contributed by atoms with Gasteiger partial charge in [-0.05, 0) is 36.4 Å². The van der Waals surface area contributed by atoms with Crippen LogP contribution in [0.2, 0.25) is 0 Å². The first-order valence-electron chi connectivity index (χ1n) is 11.7. The van der Waals surface area contributed by atoms with Gasteiger partial charge in [0, 0.05) is 30.6 Å². The zero-order chi connectivity index (χ0) is 25.6. The molecule has 1 aliphatic rings. The van der Waals surface area contributed by atoms with Crippen molar-refractivity contribution in [2.24, 2.45) is 5.92 Å². The third-order valence-corrected chi connectivity index (χ3v) is 6.19. The smallest absolute Gasteiger partial charge is 0.253 e. The minimum Gasteiger partial charge on any atom is -0.379 e. The Kier molecular flexibility index (Phi) is 8.24. The van der Waals surface area contributed by atoms with Crippen LogP contribution in [0.15, 0.2) is 48.5 Å². The van der Waals surface area contributed by atoms with Crippen LogP contribution in [0.3, 0.4) is 0 Å². The summed E-state index contributed by atoms with van der Waals surface area (Å²) >= 11 is 0. The molecule has 0 bridgehead atoms. The zero-order valence-corrected chi connectivity index (χ0v) is 20.8. The molecule has 3 rings (SSSR count). The maximum Gasteiger partial charge on any atom is 0.253 e. The summed E-state index contributed by atoms with van der Waals surface area (Å²) in [7, 11) is 5.77. The van der Waals surface area contributed by atoms with Gasteiger partial charge in [0.1, 0.15) is 0 Å². The molecule has 35 heavy (non-hydrogen) atoms. The van der Waals surface area contributed by atoms with E-state index in [1.54, 1.807) is 44.3 Å². The number of imide groups is 1. The molecule has 0 radical (unpaired) electrons.